The predicted octanol–water partition coefficient (Wildman–Crippen LogP) is 4.58. The summed E-state index contributed by atoms with van der Waals surface area (Å²) in [6.07, 6.45) is 0.891. The van der Waals surface area contributed by atoms with Crippen molar-refractivity contribution in [3.8, 4) is 11.8 Å². The minimum Gasteiger partial charge on any atom is -0.508 e. The van der Waals surface area contributed by atoms with Gasteiger partial charge in [0.15, 0.2) is 0 Å². The Morgan fingerprint density at radius 2 is 1.66 bits per heavy atom. The Hall–Kier alpha value is -3.33. The first kappa shape index (κ1) is 24.9. The number of carboxylic acids is 1. The largest absolute Gasteiger partial charge is 0.508 e. The van der Waals surface area contributed by atoms with E-state index >= 15 is 0 Å². The Morgan fingerprint density at radius 1 is 1.03 bits per heavy atom. The van der Waals surface area contributed by atoms with E-state index in [-0.39, 0.29) is 30.0 Å². The summed E-state index contributed by atoms with van der Waals surface area (Å²) >= 11 is 0. The molecule has 0 aliphatic heterocycles. The number of nitrogens with zero attached hydrogens (tertiary/aromatic N) is 1. The fraction of sp³-hybridized carbons (Fsp3) is 0.423. The van der Waals surface area contributed by atoms with Crippen LogP contribution in [0.2, 0.25) is 0 Å². The smallest absolute Gasteiger partial charge is 0.318 e. The molecule has 2 unspecified atom stereocenters. The van der Waals surface area contributed by atoms with E-state index in [0.717, 1.165) is 0 Å². The Balaban J connectivity index is 2.68. The van der Waals surface area contributed by atoms with E-state index < -0.39 is 17.3 Å². The molecule has 0 heterocycles. The van der Waals surface area contributed by atoms with Gasteiger partial charge >= 0.3 is 5.97 Å². The Bertz CT molecular complexity index is 993. The number of phenolic OH excluding ortho intramolecular Hbond substituents is 1. The first-order valence-corrected chi connectivity index (χ1v) is 10.9. The molecule has 0 aliphatic carbocycles. The third-order valence-corrected chi connectivity index (χ3v) is 5.57. The van der Waals surface area contributed by atoms with Crippen LogP contribution in [0.3, 0.4) is 0 Å². The Labute approximate surface area is 189 Å². The molecule has 0 aromatic heterocycles. The summed E-state index contributed by atoms with van der Waals surface area (Å²) in [4.78, 5) is 25.6. The first-order chi connectivity index (χ1) is 15.1. The molecule has 1 amide bonds. The molecule has 6 heteroatoms. The number of nitriles is 1. The minimum absolute atomic E-state index is 0.00148. The zero-order valence-corrected chi connectivity index (χ0v) is 19.1. The van der Waals surface area contributed by atoms with Crippen molar-refractivity contribution in [1.29, 1.82) is 5.26 Å². The number of nitrogens with one attached hydrogen (secondary N) is 1. The van der Waals surface area contributed by atoms with Gasteiger partial charge in [-0.3, -0.25) is 9.59 Å². The van der Waals surface area contributed by atoms with Crippen LogP contribution < -0.4 is 5.32 Å². The third-order valence-electron chi connectivity index (χ3n) is 5.57. The SMILES string of the molecule is CC(C)CC(C(=O)NCC#N)c1cccc(C(CC(C)C)(C(=O)O)c2cccc(O)c2)c1. The number of rotatable bonds is 10. The highest BCUT2D eigenvalue weighted by molar-refractivity contribution is 5.87. The second-order valence-electron chi connectivity index (χ2n) is 9.04. The standard InChI is InChI=1S/C26H32N2O4/c1-17(2)13-23(24(30)28-12-11-27)19-7-5-8-20(14-19)26(25(31)32,16-18(3)4)21-9-6-10-22(29)15-21/h5-10,14-15,17-18,23,29H,12-13,16H2,1-4H3,(H,28,30)(H,31,32). The van der Waals surface area contributed by atoms with Crippen molar-refractivity contribution in [3.63, 3.8) is 0 Å². The van der Waals surface area contributed by atoms with E-state index in [9.17, 15) is 19.8 Å². The van der Waals surface area contributed by atoms with Crippen molar-refractivity contribution in [2.45, 2.75) is 51.9 Å². The number of hydrogen-bond acceptors (Lipinski definition) is 4. The van der Waals surface area contributed by atoms with E-state index in [1.54, 1.807) is 30.3 Å². The predicted molar refractivity (Wildman–Crippen MR) is 123 cm³/mol. The van der Waals surface area contributed by atoms with Crippen LogP contribution in [-0.4, -0.2) is 28.6 Å². The molecule has 2 aromatic carbocycles. The number of aliphatic carboxylic acids is 1. The van der Waals surface area contributed by atoms with Gasteiger partial charge in [0, 0.05) is 0 Å². The van der Waals surface area contributed by atoms with E-state index in [1.165, 1.54) is 12.1 Å². The second kappa shape index (κ2) is 10.8. The summed E-state index contributed by atoms with van der Waals surface area (Å²) in [7, 11) is 0. The van der Waals surface area contributed by atoms with E-state index in [1.807, 2.05) is 39.8 Å². The van der Waals surface area contributed by atoms with E-state index in [4.69, 9.17) is 5.26 Å². The first-order valence-electron chi connectivity index (χ1n) is 10.9. The van der Waals surface area contributed by atoms with Crippen molar-refractivity contribution in [2.75, 3.05) is 6.54 Å². The van der Waals surface area contributed by atoms with Crippen LogP contribution in [0.4, 0.5) is 0 Å². The van der Waals surface area contributed by atoms with E-state index in [2.05, 4.69) is 5.32 Å². The van der Waals surface area contributed by atoms with Crippen molar-refractivity contribution in [2.24, 2.45) is 11.8 Å². The summed E-state index contributed by atoms with van der Waals surface area (Å²) in [6, 6.07) is 15.5. The highest BCUT2D eigenvalue weighted by atomic mass is 16.4. The zero-order chi connectivity index (χ0) is 23.9. The lowest BCUT2D eigenvalue weighted by Gasteiger charge is -2.33. The van der Waals surface area contributed by atoms with Crippen molar-refractivity contribution in [3.05, 3.63) is 65.2 Å². The van der Waals surface area contributed by atoms with Gasteiger partial charge in [-0.2, -0.15) is 5.26 Å². The van der Waals surface area contributed by atoms with Crippen molar-refractivity contribution < 1.29 is 19.8 Å². The highest BCUT2D eigenvalue weighted by Gasteiger charge is 2.43. The molecule has 0 aliphatic rings. The van der Waals surface area contributed by atoms with Gasteiger partial charge in [0.25, 0.3) is 0 Å². The lowest BCUT2D eigenvalue weighted by molar-refractivity contribution is -0.142. The van der Waals surface area contributed by atoms with Gasteiger partial charge < -0.3 is 15.5 Å². The van der Waals surface area contributed by atoms with Crippen LogP contribution >= 0.6 is 0 Å². The maximum absolute atomic E-state index is 12.8. The summed E-state index contributed by atoms with van der Waals surface area (Å²) in [5, 5.41) is 32.0. The fourth-order valence-electron chi connectivity index (χ4n) is 4.26. The van der Waals surface area contributed by atoms with Crippen LogP contribution in [-0.2, 0) is 15.0 Å². The molecule has 170 valence electrons. The van der Waals surface area contributed by atoms with Gasteiger partial charge in [0.1, 0.15) is 17.7 Å². The van der Waals surface area contributed by atoms with E-state index in [0.29, 0.717) is 29.5 Å². The van der Waals surface area contributed by atoms with Crippen LogP contribution in [0, 0.1) is 23.2 Å². The molecule has 0 saturated heterocycles. The lowest BCUT2D eigenvalue weighted by Crippen LogP contribution is -2.39. The molecule has 0 radical (unpaired) electrons. The quantitative estimate of drug-likeness (QED) is 0.472. The monoisotopic (exact) mass is 436 g/mol. The number of aromatic hydroxyl groups is 1. The maximum Gasteiger partial charge on any atom is 0.318 e. The van der Waals surface area contributed by atoms with Crippen LogP contribution in [0.25, 0.3) is 0 Å². The molecule has 32 heavy (non-hydrogen) atoms. The third kappa shape index (κ3) is 5.67. The number of benzene rings is 2. The molecule has 0 spiro atoms. The minimum atomic E-state index is -1.38. The second-order valence-corrected chi connectivity index (χ2v) is 9.04. The molecular weight excluding hydrogens is 404 g/mol. The summed E-state index contributed by atoms with van der Waals surface area (Å²) in [5.74, 6) is -1.48. The number of carbonyl (C=O) groups excluding carboxylic acids is 1. The fourth-order valence-corrected chi connectivity index (χ4v) is 4.26. The molecule has 3 N–H and O–H groups in total. The summed E-state index contributed by atoms with van der Waals surface area (Å²) in [6.45, 7) is 7.87. The number of carboxylic acid groups (broad SMARTS) is 1. The van der Waals surface area contributed by atoms with Gasteiger partial charge in [0.2, 0.25) is 5.91 Å². The van der Waals surface area contributed by atoms with Gasteiger partial charge in [-0.25, -0.2) is 0 Å². The highest BCUT2D eigenvalue weighted by Crippen LogP contribution is 2.41. The number of phenols is 1. The van der Waals surface area contributed by atoms with Crippen molar-refractivity contribution in [1.82, 2.24) is 5.32 Å². The van der Waals surface area contributed by atoms with Crippen LogP contribution in [0.1, 0.15) is 63.1 Å². The molecule has 0 fully saturated rings. The van der Waals surface area contributed by atoms with Crippen LogP contribution in [0.15, 0.2) is 48.5 Å². The van der Waals surface area contributed by atoms with Gasteiger partial charge in [-0.15, -0.1) is 0 Å². The Kier molecular flexibility index (Phi) is 8.42. The van der Waals surface area contributed by atoms with Crippen LogP contribution in [0.5, 0.6) is 5.75 Å². The molecule has 2 aromatic rings. The summed E-state index contributed by atoms with van der Waals surface area (Å²) < 4.78 is 0. The molecular formula is C26H32N2O4. The number of hydrogen-bond donors (Lipinski definition) is 3. The summed E-state index contributed by atoms with van der Waals surface area (Å²) in [5.41, 5.74) is 0.379. The normalized spacial score (nSPS) is 13.9. The average Bonchev–Trinajstić information content (AvgIpc) is 2.73. The lowest BCUT2D eigenvalue weighted by atomic mass is 9.68. The Morgan fingerprint density at radius 3 is 2.19 bits per heavy atom. The molecule has 0 saturated carbocycles. The average molecular weight is 437 g/mol. The molecule has 0 bridgehead atoms. The topological polar surface area (TPSA) is 110 Å². The molecule has 2 atom stereocenters. The van der Waals surface area contributed by atoms with Gasteiger partial charge in [-0.05, 0) is 53.5 Å². The maximum atomic E-state index is 12.8. The zero-order valence-electron chi connectivity index (χ0n) is 19.1. The molecule has 6 nitrogen and oxygen atoms in total. The van der Waals surface area contributed by atoms with Crippen molar-refractivity contribution >= 4 is 11.9 Å². The van der Waals surface area contributed by atoms with Gasteiger partial charge in [-0.1, -0.05) is 64.1 Å². The molecule has 2 rings (SSSR count). The van der Waals surface area contributed by atoms with Gasteiger partial charge in [0.05, 0.1) is 12.0 Å². The number of amides is 1. The number of carbonyl (C=O) groups is 2.